The van der Waals surface area contributed by atoms with Crippen molar-refractivity contribution >= 4 is 17.6 Å². The van der Waals surface area contributed by atoms with Crippen molar-refractivity contribution in [1.82, 2.24) is 19.6 Å². The Hall–Kier alpha value is -3.68. The minimum atomic E-state index is -0.109. The van der Waals surface area contributed by atoms with Gasteiger partial charge >= 0.3 is 6.03 Å². The second-order valence-electron chi connectivity index (χ2n) is 11.2. The first-order valence-corrected chi connectivity index (χ1v) is 15.1. The molecule has 0 saturated carbocycles. The number of nitrogens with one attached hydrogen (secondary N) is 1. The zero-order chi connectivity index (χ0) is 28.6. The normalized spacial score (nSPS) is 16.5. The maximum atomic E-state index is 13.3. The summed E-state index contributed by atoms with van der Waals surface area (Å²) in [7, 11) is 0. The van der Waals surface area contributed by atoms with Crippen LogP contribution in [0.1, 0.15) is 46.5 Å². The Morgan fingerprint density at radius 3 is 1.56 bits per heavy atom. The number of piperazine rings is 2. The molecular weight excluding hydrogens is 510 g/mol. The second-order valence-corrected chi connectivity index (χ2v) is 11.2. The molecule has 2 aliphatic rings. The van der Waals surface area contributed by atoms with E-state index in [0.717, 1.165) is 52.1 Å². The number of benzene rings is 3. The number of hydrogen-bond donors (Lipinski definition) is 1. The smallest absolute Gasteiger partial charge is 0.321 e. The molecule has 3 amide bonds. The fourth-order valence-corrected chi connectivity index (χ4v) is 5.61. The van der Waals surface area contributed by atoms with Gasteiger partial charge in [0.05, 0.1) is 0 Å². The average Bonchev–Trinajstić information content (AvgIpc) is 3.02. The van der Waals surface area contributed by atoms with Crippen molar-refractivity contribution in [3.8, 4) is 0 Å². The molecule has 0 bridgehead atoms. The van der Waals surface area contributed by atoms with Gasteiger partial charge in [-0.05, 0) is 53.3 Å². The van der Waals surface area contributed by atoms with Gasteiger partial charge in [-0.15, -0.1) is 0 Å². The molecule has 0 spiro atoms. The van der Waals surface area contributed by atoms with Crippen molar-refractivity contribution in [2.75, 3.05) is 57.7 Å². The summed E-state index contributed by atoms with van der Waals surface area (Å²) in [5, 5.41) is 3.02. The molecule has 41 heavy (non-hydrogen) atoms. The fourth-order valence-electron chi connectivity index (χ4n) is 5.61. The van der Waals surface area contributed by atoms with E-state index in [9.17, 15) is 9.59 Å². The molecule has 5 rings (SSSR count). The zero-order valence-corrected chi connectivity index (χ0v) is 24.5. The van der Waals surface area contributed by atoms with Crippen LogP contribution in [0.15, 0.2) is 72.8 Å². The summed E-state index contributed by atoms with van der Waals surface area (Å²) in [6.45, 7) is 12.3. The third kappa shape index (κ3) is 7.75. The van der Waals surface area contributed by atoms with E-state index in [1.807, 2.05) is 28.0 Å². The zero-order valence-electron chi connectivity index (χ0n) is 24.5. The largest absolute Gasteiger partial charge is 0.336 e. The van der Waals surface area contributed by atoms with E-state index in [2.05, 4.69) is 77.5 Å². The standard InChI is InChI=1S/C34H43N5O2/c1-3-27-8-12-29(13-9-27)25-36-16-20-38(21-17-36)33(40)31-6-5-7-32(24-31)35-34(41)39-22-18-37(19-23-39)26-30-14-10-28(4-2)11-15-30/h5-15,24H,3-4,16-23,25-26H2,1-2H3,(H,35,41). The van der Waals surface area contributed by atoms with Gasteiger partial charge in [0.2, 0.25) is 0 Å². The lowest BCUT2D eigenvalue weighted by Gasteiger charge is -2.35. The lowest BCUT2D eigenvalue weighted by molar-refractivity contribution is 0.0628. The number of carbonyl (C=O) groups excluding carboxylic acids is 2. The van der Waals surface area contributed by atoms with Crippen LogP contribution in [0.3, 0.4) is 0 Å². The highest BCUT2D eigenvalue weighted by molar-refractivity contribution is 5.97. The lowest BCUT2D eigenvalue weighted by Crippen LogP contribution is -2.49. The molecular formula is C34H43N5O2. The molecule has 1 N–H and O–H groups in total. The number of urea groups is 1. The number of rotatable bonds is 8. The van der Waals surface area contributed by atoms with E-state index in [1.54, 1.807) is 6.07 Å². The highest BCUT2D eigenvalue weighted by Crippen LogP contribution is 2.17. The molecule has 0 unspecified atom stereocenters. The summed E-state index contributed by atoms with van der Waals surface area (Å²) in [6.07, 6.45) is 2.11. The van der Waals surface area contributed by atoms with Gasteiger partial charge in [-0.25, -0.2) is 4.79 Å². The van der Waals surface area contributed by atoms with Crippen LogP contribution in [0.25, 0.3) is 0 Å². The van der Waals surface area contributed by atoms with Crippen LogP contribution in [0, 0.1) is 0 Å². The molecule has 216 valence electrons. The molecule has 2 heterocycles. The average molecular weight is 554 g/mol. The first-order chi connectivity index (χ1) is 20.0. The second kappa shape index (κ2) is 13.8. The minimum absolute atomic E-state index is 0.0219. The van der Waals surface area contributed by atoms with E-state index in [-0.39, 0.29) is 11.9 Å². The van der Waals surface area contributed by atoms with Gasteiger partial charge in [0, 0.05) is 76.7 Å². The lowest BCUT2D eigenvalue weighted by atomic mass is 10.1. The third-order valence-corrected chi connectivity index (χ3v) is 8.35. The molecule has 0 radical (unpaired) electrons. The summed E-state index contributed by atoms with van der Waals surface area (Å²) >= 11 is 0. The summed E-state index contributed by atoms with van der Waals surface area (Å²) in [6, 6.07) is 24.9. The van der Waals surface area contributed by atoms with E-state index in [0.29, 0.717) is 37.4 Å². The van der Waals surface area contributed by atoms with Gasteiger partial charge in [-0.3, -0.25) is 14.6 Å². The Bertz CT molecular complexity index is 1290. The Morgan fingerprint density at radius 2 is 1.07 bits per heavy atom. The van der Waals surface area contributed by atoms with E-state index >= 15 is 0 Å². The molecule has 0 atom stereocenters. The first-order valence-electron chi connectivity index (χ1n) is 15.1. The van der Waals surface area contributed by atoms with Crippen molar-refractivity contribution < 1.29 is 9.59 Å². The molecule has 3 aromatic rings. The molecule has 0 aliphatic carbocycles. The van der Waals surface area contributed by atoms with Crippen molar-refractivity contribution in [2.45, 2.75) is 39.8 Å². The van der Waals surface area contributed by atoms with Crippen LogP contribution in [-0.2, 0) is 25.9 Å². The first kappa shape index (κ1) is 28.8. The maximum absolute atomic E-state index is 13.3. The van der Waals surface area contributed by atoms with Crippen molar-refractivity contribution in [1.29, 1.82) is 0 Å². The topological polar surface area (TPSA) is 59.1 Å². The quantitative estimate of drug-likeness (QED) is 0.421. The summed E-state index contributed by atoms with van der Waals surface area (Å²) < 4.78 is 0. The van der Waals surface area contributed by atoms with Crippen LogP contribution < -0.4 is 5.32 Å². The Balaban J connectivity index is 1.07. The summed E-state index contributed by atoms with van der Waals surface area (Å²) in [5.74, 6) is 0.0219. The molecule has 2 fully saturated rings. The molecule has 7 nitrogen and oxygen atoms in total. The molecule has 7 heteroatoms. The number of aryl methyl sites for hydroxylation is 2. The summed E-state index contributed by atoms with van der Waals surface area (Å²) in [5.41, 5.74) is 6.61. The van der Waals surface area contributed by atoms with Crippen LogP contribution in [0.2, 0.25) is 0 Å². The van der Waals surface area contributed by atoms with Gasteiger partial charge in [0.25, 0.3) is 5.91 Å². The Labute approximate surface area is 244 Å². The highest BCUT2D eigenvalue weighted by Gasteiger charge is 2.24. The van der Waals surface area contributed by atoms with E-state index in [1.165, 1.54) is 22.3 Å². The Morgan fingerprint density at radius 1 is 0.610 bits per heavy atom. The predicted octanol–water partition coefficient (Wildman–Crippen LogP) is 5.12. The molecule has 0 aromatic heterocycles. The predicted molar refractivity (Wildman–Crippen MR) is 165 cm³/mol. The SMILES string of the molecule is CCc1ccc(CN2CCN(C(=O)Nc3cccc(C(=O)N4CCN(Cc5ccc(CC)cc5)CC4)c3)CC2)cc1. The van der Waals surface area contributed by atoms with Crippen molar-refractivity contribution in [3.05, 3.63) is 101 Å². The van der Waals surface area contributed by atoms with Crippen LogP contribution in [0.4, 0.5) is 10.5 Å². The molecule has 3 aromatic carbocycles. The van der Waals surface area contributed by atoms with Crippen LogP contribution in [0.5, 0.6) is 0 Å². The fraction of sp³-hybridized carbons (Fsp3) is 0.412. The minimum Gasteiger partial charge on any atom is -0.336 e. The van der Waals surface area contributed by atoms with Gasteiger partial charge in [-0.2, -0.15) is 0 Å². The van der Waals surface area contributed by atoms with E-state index < -0.39 is 0 Å². The van der Waals surface area contributed by atoms with Crippen molar-refractivity contribution in [3.63, 3.8) is 0 Å². The number of carbonyl (C=O) groups is 2. The molecule has 2 saturated heterocycles. The number of hydrogen-bond acceptors (Lipinski definition) is 4. The third-order valence-electron chi connectivity index (χ3n) is 8.35. The highest BCUT2D eigenvalue weighted by atomic mass is 16.2. The van der Waals surface area contributed by atoms with E-state index in [4.69, 9.17) is 0 Å². The Kier molecular flexibility index (Phi) is 9.70. The van der Waals surface area contributed by atoms with Crippen LogP contribution >= 0.6 is 0 Å². The number of amides is 3. The van der Waals surface area contributed by atoms with Gasteiger partial charge in [0.1, 0.15) is 0 Å². The van der Waals surface area contributed by atoms with Gasteiger partial charge < -0.3 is 15.1 Å². The molecule has 2 aliphatic heterocycles. The summed E-state index contributed by atoms with van der Waals surface area (Å²) in [4.78, 5) is 34.9. The van der Waals surface area contributed by atoms with Gasteiger partial charge in [0.15, 0.2) is 0 Å². The van der Waals surface area contributed by atoms with Crippen LogP contribution in [-0.4, -0.2) is 83.9 Å². The number of anilines is 1. The van der Waals surface area contributed by atoms with Crippen molar-refractivity contribution in [2.24, 2.45) is 0 Å². The maximum Gasteiger partial charge on any atom is 0.321 e. The number of nitrogens with zero attached hydrogens (tertiary/aromatic N) is 4. The monoisotopic (exact) mass is 553 g/mol. The van der Waals surface area contributed by atoms with Gasteiger partial charge in [-0.1, -0.05) is 68.4 Å².